The second-order valence-electron chi connectivity index (χ2n) is 10.2. The van der Waals surface area contributed by atoms with E-state index in [4.69, 9.17) is 33.3 Å². The summed E-state index contributed by atoms with van der Waals surface area (Å²) in [6.07, 6.45) is 2.45. The lowest BCUT2D eigenvalue weighted by Crippen LogP contribution is -2.33. The summed E-state index contributed by atoms with van der Waals surface area (Å²) >= 11 is 11.5. The van der Waals surface area contributed by atoms with Crippen molar-refractivity contribution in [2.75, 3.05) is 19.9 Å². The topological polar surface area (TPSA) is 76.6 Å². The molecule has 1 fully saturated rings. The highest BCUT2D eigenvalue weighted by molar-refractivity contribution is 7.71. The van der Waals surface area contributed by atoms with E-state index in [1.54, 1.807) is 30.3 Å². The fourth-order valence-electron chi connectivity index (χ4n) is 5.37. The zero-order valence-corrected chi connectivity index (χ0v) is 22.9. The Morgan fingerprint density at radius 3 is 2.49 bits per heavy atom. The van der Waals surface area contributed by atoms with E-state index in [0.717, 1.165) is 49.5 Å². The minimum Gasteiger partial charge on any atom is -0.454 e. The van der Waals surface area contributed by atoms with Crippen molar-refractivity contribution in [2.45, 2.75) is 32.4 Å². The van der Waals surface area contributed by atoms with Gasteiger partial charge in [-0.3, -0.25) is 19.1 Å². The molecule has 1 saturated heterocycles. The lowest BCUT2D eigenvalue weighted by molar-refractivity contribution is 0.0925. The maximum Gasteiger partial charge on any atom is 0.262 e. The van der Waals surface area contributed by atoms with Crippen LogP contribution in [0.1, 0.15) is 40.7 Å². The maximum absolute atomic E-state index is 13.2. The molecule has 6 rings (SSSR count). The SMILES string of the molecule is O=C(CC1CCN(Cc2ccc3c(c2)OCO3)CC1)c1ccc2c(=O)n(Cc3ccc(Cl)cc3)c(=S)[nH]c2c1. The van der Waals surface area contributed by atoms with Crippen LogP contribution in [0, 0.1) is 10.7 Å². The molecule has 0 radical (unpaired) electrons. The van der Waals surface area contributed by atoms with E-state index in [9.17, 15) is 9.59 Å². The number of aromatic amines is 1. The van der Waals surface area contributed by atoms with E-state index in [1.165, 1.54) is 10.1 Å². The van der Waals surface area contributed by atoms with Gasteiger partial charge in [0.15, 0.2) is 22.1 Å². The predicted octanol–water partition coefficient (Wildman–Crippen LogP) is 5.97. The first-order chi connectivity index (χ1) is 18.9. The van der Waals surface area contributed by atoms with Gasteiger partial charge in [-0.05, 0) is 91.6 Å². The predicted molar refractivity (Wildman–Crippen MR) is 153 cm³/mol. The second-order valence-corrected chi connectivity index (χ2v) is 11.1. The van der Waals surface area contributed by atoms with Crippen molar-refractivity contribution in [2.24, 2.45) is 5.92 Å². The van der Waals surface area contributed by atoms with Gasteiger partial charge in [-0.25, -0.2) is 0 Å². The number of fused-ring (bicyclic) bond motifs is 2. The molecule has 0 bridgehead atoms. The number of piperidine rings is 1. The molecule has 0 aliphatic carbocycles. The molecule has 7 nitrogen and oxygen atoms in total. The third kappa shape index (κ3) is 5.64. The van der Waals surface area contributed by atoms with E-state index in [2.05, 4.69) is 22.0 Å². The van der Waals surface area contributed by atoms with Crippen molar-refractivity contribution in [3.8, 4) is 11.5 Å². The Morgan fingerprint density at radius 1 is 0.949 bits per heavy atom. The van der Waals surface area contributed by atoms with Gasteiger partial charge in [0.1, 0.15) is 0 Å². The molecule has 200 valence electrons. The van der Waals surface area contributed by atoms with Crippen molar-refractivity contribution in [1.82, 2.24) is 14.5 Å². The number of hydrogen-bond acceptors (Lipinski definition) is 6. The van der Waals surface area contributed by atoms with Gasteiger partial charge < -0.3 is 14.5 Å². The fraction of sp³-hybridized carbons (Fsp3) is 0.300. The lowest BCUT2D eigenvalue weighted by atomic mass is 9.89. The van der Waals surface area contributed by atoms with Crippen LogP contribution in [0.2, 0.25) is 5.02 Å². The normalized spacial score (nSPS) is 15.6. The molecule has 0 unspecified atom stereocenters. The van der Waals surface area contributed by atoms with Gasteiger partial charge in [0.2, 0.25) is 6.79 Å². The zero-order chi connectivity index (χ0) is 26.9. The lowest BCUT2D eigenvalue weighted by Gasteiger charge is -2.31. The number of rotatable bonds is 7. The molecule has 0 saturated carbocycles. The first kappa shape index (κ1) is 25.8. The van der Waals surface area contributed by atoms with Crippen LogP contribution in [0.4, 0.5) is 0 Å². The standard InChI is InChI=1S/C30H28ClN3O4S/c31-23-5-1-20(2-6-23)17-34-29(36)24-7-4-22(15-25(24)32-30(34)39)26(35)13-19-9-11-33(12-10-19)16-21-3-8-27-28(14-21)38-18-37-27/h1-8,14-15,19H,9-13,16-18H2,(H,32,39). The summed E-state index contributed by atoms with van der Waals surface area (Å²) in [4.78, 5) is 31.9. The average Bonchev–Trinajstić information content (AvgIpc) is 3.41. The van der Waals surface area contributed by atoms with E-state index in [0.29, 0.717) is 45.1 Å². The van der Waals surface area contributed by atoms with Crippen LogP contribution in [-0.4, -0.2) is 40.1 Å². The van der Waals surface area contributed by atoms with Gasteiger partial charge in [0, 0.05) is 23.6 Å². The minimum atomic E-state index is -0.183. The van der Waals surface area contributed by atoms with Gasteiger partial charge in [0.25, 0.3) is 5.56 Å². The molecule has 0 atom stereocenters. The van der Waals surface area contributed by atoms with Crippen LogP contribution in [-0.2, 0) is 13.1 Å². The Hall–Kier alpha value is -3.46. The Kier molecular flexibility index (Phi) is 7.25. The quantitative estimate of drug-likeness (QED) is 0.221. The van der Waals surface area contributed by atoms with E-state index in [-0.39, 0.29) is 18.1 Å². The van der Waals surface area contributed by atoms with E-state index < -0.39 is 0 Å². The minimum absolute atomic E-state index is 0.0933. The molecule has 3 heterocycles. The van der Waals surface area contributed by atoms with Gasteiger partial charge in [-0.1, -0.05) is 35.9 Å². The summed E-state index contributed by atoms with van der Waals surface area (Å²) in [7, 11) is 0. The number of nitrogens with one attached hydrogen (secondary N) is 1. The molecule has 2 aliphatic heterocycles. The third-order valence-corrected chi connectivity index (χ3v) is 8.16. The van der Waals surface area contributed by atoms with E-state index in [1.807, 2.05) is 18.2 Å². The third-order valence-electron chi connectivity index (χ3n) is 7.58. The van der Waals surface area contributed by atoms with Crippen LogP contribution in [0.5, 0.6) is 11.5 Å². The Labute approximate surface area is 235 Å². The molecular weight excluding hydrogens is 534 g/mol. The number of benzene rings is 3. The number of Topliss-reactive ketones (excluding diaryl/α,β-unsaturated/α-hetero) is 1. The fourth-order valence-corrected chi connectivity index (χ4v) is 5.75. The summed E-state index contributed by atoms with van der Waals surface area (Å²) in [5, 5.41) is 1.14. The van der Waals surface area contributed by atoms with Gasteiger partial charge in [-0.2, -0.15) is 0 Å². The van der Waals surface area contributed by atoms with Gasteiger partial charge in [-0.15, -0.1) is 0 Å². The Bertz CT molecular complexity index is 1660. The number of nitrogens with zero attached hydrogens (tertiary/aromatic N) is 2. The molecule has 1 aromatic heterocycles. The van der Waals surface area contributed by atoms with Crippen molar-refractivity contribution in [3.63, 3.8) is 0 Å². The van der Waals surface area contributed by atoms with Crippen molar-refractivity contribution in [1.29, 1.82) is 0 Å². The van der Waals surface area contributed by atoms with Crippen LogP contribution in [0.25, 0.3) is 10.9 Å². The Balaban J connectivity index is 1.09. The summed E-state index contributed by atoms with van der Waals surface area (Å²) < 4.78 is 12.7. The molecule has 9 heteroatoms. The van der Waals surface area contributed by atoms with E-state index >= 15 is 0 Å². The summed E-state index contributed by atoms with van der Waals surface area (Å²) in [5.74, 6) is 2.04. The number of carbonyl (C=O) groups is 1. The van der Waals surface area contributed by atoms with Crippen molar-refractivity contribution < 1.29 is 14.3 Å². The van der Waals surface area contributed by atoms with Crippen LogP contribution in [0.3, 0.4) is 0 Å². The largest absolute Gasteiger partial charge is 0.454 e. The molecule has 2 aliphatic rings. The number of aromatic nitrogens is 2. The number of ether oxygens (including phenoxy) is 2. The zero-order valence-electron chi connectivity index (χ0n) is 21.3. The number of ketones is 1. The van der Waals surface area contributed by atoms with Gasteiger partial charge in [0.05, 0.1) is 17.4 Å². The summed E-state index contributed by atoms with van der Waals surface area (Å²) in [5.41, 5.74) is 3.13. The number of carbonyl (C=O) groups excluding carboxylic acids is 1. The highest BCUT2D eigenvalue weighted by Crippen LogP contribution is 2.33. The molecular formula is C30H28ClN3O4S. The van der Waals surface area contributed by atoms with Crippen molar-refractivity contribution in [3.05, 3.63) is 97.5 Å². The molecule has 4 aromatic rings. The molecule has 0 amide bonds. The molecule has 0 spiro atoms. The number of H-pyrrole nitrogens is 1. The molecule has 3 aromatic carbocycles. The average molecular weight is 562 g/mol. The Morgan fingerprint density at radius 2 is 1.69 bits per heavy atom. The number of likely N-dealkylation sites (tertiary alicyclic amines) is 1. The van der Waals surface area contributed by atoms with Crippen LogP contribution >= 0.6 is 23.8 Å². The monoisotopic (exact) mass is 561 g/mol. The van der Waals surface area contributed by atoms with Crippen molar-refractivity contribution >= 4 is 40.5 Å². The first-order valence-electron chi connectivity index (χ1n) is 13.1. The number of halogens is 1. The molecule has 39 heavy (non-hydrogen) atoms. The van der Waals surface area contributed by atoms with Crippen LogP contribution in [0.15, 0.2) is 65.5 Å². The smallest absolute Gasteiger partial charge is 0.262 e. The summed E-state index contributed by atoms with van der Waals surface area (Å²) in [6.45, 7) is 3.38. The van der Waals surface area contributed by atoms with Gasteiger partial charge >= 0.3 is 0 Å². The highest BCUT2D eigenvalue weighted by Gasteiger charge is 2.23. The second kappa shape index (κ2) is 11.0. The maximum atomic E-state index is 13.2. The number of hydrogen-bond donors (Lipinski definition) is 1. The summed E-state index contributed by atoms with van der Waals surface area (Å²) in [6, 6.07) is 18.7. The first-order valence-corrected chi connectivity index (χ1v) is 13.9. The highest BCUT2D eigenvalue weighted by atomic mass is 35.5. The van der Waals surface area contributed by atoms with Crippen LogP contribution < -0.4 is 15.0 Å². The molecule has 1 N–H and O–H groups in total.